The number of halogens is 1. The van der Waals surface area contributed by atoms with E-state index in [0.717, 1.165) is 11.1 Å². The first kappa shape index (κ1) is 17.3. The van der Waals surface area contributed by atoms with Crippen LogP contribution in [0.15, 0.2) is 24.0 Å². The van der Waals surface area contributed by atoms with Crippen LogP contribution in [0.2, 0.25) is 0 Å². The van der Waals surface area contributed by atoms with Crippen LogP contribution in [0.1, 0.15) is 45.7 Å². The topological polar surface area (TPSA) is 35.5 Å². The molecule has 1 aliphatic rings. The van der Waals surface area contributed by atoms with Crippen LogP contribution in [0.4, 0.5) is 4.39 Å². The van der Waals surface area contributed by atoms with E-state index >= 15 is 0 Å². The minimum absolute atomic E-state index is 0.215. The normalized spacial score (nSPS) is 17.0. The van der Waals surface area contributed by atoms with Gasteiger partial charge in [0.2, 0.25) is 0 Å². The predicted octanol–water partition coefficient (Wildman–Crippen LogP) is 4.81. The molecule has 0 fully saturated rings. The van der Waals surface area contributed by atoms with E-state index < -0.39 is 11.4 Å². The number of rotatable bonds is 4. The van der Waals surface area contributed by atoms with Gasteiger partial charge in [-0.3, -0.25) is 4.79 Å². The van der Waals surface area contributed by atoms with Crippen LogP contribution < -0.4 is 9.47 Å². The van der Waals surface area contributed by atoms with Crippen molar-refractivity contribution in [3.05, 3.63) is 35.2 Å². The van der Waals surface area contributed by atoms with Crippen molar-refractivity contribution in [1.29, 1.82) is 0 Å². The molecule has 1 aliphatic heterocycles. The summed E-state index contributed by atoms with van der Waals surface area (Å²) in [7, 11) is 1.52. The van der Waals surface area contributed by atoms with E-state index in [1.807, 2.05) is 19.9 Å². The monoisotopic (exact) mass is 318 g/mol. The van der Waals surface area contributed by atoms with Crippen molar-refractivity contribution in [2.45, 2.75) is 40.2 Å². The molecule has 1 heterocycles. The quantitative estimate of drug-likeness (QED) is 0.590. The van der Waals surface area contributed by atoms with Gasteiger partial charge in [0.1, 0.15) is 17.1 Å². The molecule has 0 N–H and O–H groups in total. The molecular formula is C19H23FO3. The Morgan fingerprint density at radius 2 is 2.00 bits per heavy atom. The van der Waals surface area contributed by atoms with Crippen LogP contribution in [-0.4, -0.2) is 19.0 Å². The zero-order valence-corrected chi connectivity index (χ0v) is 14.5. The zero-order chi connectivity index (χ0) is 17.4. The second-order valence-electron chi connectivity index (χ2n) is 6.60. The van der Waals surface area contributed by atoms with E-state index in [4.69, 9.17) is 9.47 Å². The number of benzene rings is 1. The molecule has 2 rings (SSSR count). The molecule has 0 radical (unpaired) electrons. The van der Waals surface area contributed by atoms with Crippen LogP contribution in [0.3, 0.4) is 0 Å². The highest BCUT2D eigenvalue weighted by Gasteiger charge is 2.29. The molecule has 1 aromatic rings. The number of hydrogen-bond acceptors (Lipinski definition) is 3. The third-order valence-electron chi connectivity index (χ3n) is 3.98. The lowest BCUT2D eigenvalue weighted by Crippen LogP contribution is -2.29. The van der Waals surface area contributed by atoms with E-state index in [2.05, 4.69) is 19.9 Å². The summed E-state index contributed by atoms with van der Waals surface area (Å²) in [5.74, 6) is 0.689. The summed E-state index contributed by atoms with van der Waals surface area (Å²) in [6.07, 6.45) is 2.30. The maximum absolute atomic E-state index is 13.7. The number of methoxy groups -OCH3 is 1. The fraction of sp³-hybridized carbons (Fsp3) is 0.421. The lowest BCUT2D eigenvalue weighted by Gasteiger charge is -2.33. The molecule has 124 valence electrons. The molecule has 0 unspecified atom stereocenters. The maximum Gasteiger partial charge on any atom is 0.178 e. The zero-order valence-electron chi connectivity index (χ0n) is 14.5. The second-order valence-corrected chi connectivity index (χ2v) is 6.60. The largest absolute Gasteiger partial charge is 0.496 e. The molecule has 23 heavy (non-hydrogen) atoms. The molecule has 0 saturated carbocycles. The van der Waals surface area contributed by atoms with E-state index in [1.165, 1.54) is 7.11 Å². The molecule has 0 atom stereocenters. The van der Waals surface area contributed by atoms with Gasteiger partial charge in [0, 0.05) is 17.2 Å². The Morgan fingerprint density at radius 3 is 2.52 bits per heavy atom. The Kier molecular flexibility index (Phi) is 4.64. The van der Waals surface area contributed by atoms with E-state index in [0.29, 0.717) is 23.0 Å². The van der Waals surface area contributed by atoms with Gasteiger partial charge in [-0.1, -0.05) is 13.8 Å². The highest BCUT2D eigenvalue weighted by atomic mass is 19.1. The second kappa shape index (κ2) is 6.19. The van der Waals surface area contributed by atoms with Gasteiger partial charge in [-0.25, -0.2) is 4.39 Å². The van der Waals surface area contributed by atoms with Gasteiger partial charge in [0.05, 0.1) is 7.11 Å². The van der Waals surface area contributed by atoms with Gasteiger partial charge in [0.15, 0.2) is 12.1 Å². The van der Waals surface area contributed by atoms with Crippen molar-refractivity contribution in [2.24, 2.45) is 5.92 Å². The van der Waals surface area contributed by atoms with Crippen LogP contribution in [0, 0.1) is 5.92 Å². The molecule has 0 saturated heterocycles. The summed E-state index contributed by atoms with van der Waals surface area (Å²) in [6.45, 7) is 9.78. The van der Waals surface area contributed by atoms with E-state index in [1.54, 1.807) is 13.0 Å². The number of aldehydes is 1. The molecule has 1 aromatic carbocycles. The number of carbonyl (C=O) groups excluding carboxylic acids is 1. The lowest BCUT2D eigenvalue weighted by molar-refractivity contribution is -0.106. The summed E-state index contributed by atoms with van der Waals surface area (Å²) in [6, 6.07) is 3.61. The Morgan fingerprint density at radius 1 is 1.35 bits per heavy atom. The minimum Gasteiger partial charge on any atom is -0.496 e. The third kappa shape index (κ3) is 3.31. The van der Waals surface area contributed by atoms with Crippen LogP contribution in [-0.2, 0) is 4.79 Å². The van der Waals surface area contributed by atoms with E-state index in [-0.39, 0.29) is 11.9 Å². The van der Waals surface area contributed by atoms with Crippen LogP contribution >= 0.6 is 0 Å². The highest BCUT2D eigenvalue weighted by Crippen LogP contribution is 2.44. The number of hydrogen-bond donors (Lipinski definition) is 0. The van der Waals surface area contributed by atoms with Gasteiger partial charge in [-0.2, -0.15) is 0 Å². The van der Waals surface area contributed by atoms with Gasteiger partial charge in [-0.05, 0) is 50.0 Å². The first-order chi connectivity index (χ1) is 10.7. The molecular weight excluding hydrogens is 295 g/mol. The number of carbonyl (C=O) groups is 1. The molecule has 3 nitrogen and oxygen atoms in total. The first-order valence-electron chi connectivity index (χ1n) is 7.66. The molecule has 0 aliphatic carbocycles. The Labute approximate surface area is 136 Å². The van der Waals surface area contributed by atoms with Crippen molar-refractivity contribution in [1.82, 2.24) is 0 Å². The Bertz CT molecular complexity index is 697. The van der Waals surface area contributed by atoms with Gasteiger partial charge < -0.3 is 9.47 Å². The number of allylic oxidation sites excluding steroid dienone is 3. The molecule has 4 heteroatoms. The SMILES string of the molecule is COc1cc2c(cc1C(C)=C(F)C=O)C(C(C)C)=CC(C)(C)O2. The van der Waals surface area contributed by atoms with Gasteiger partial charge in [-0.15, -0.1) is 0 Å². The predicted molar refractivity (Wildman–Crippen MR) is 90.3 cm³/mol. The van der Waals surface area contributed by atoms with Crippen molar-refractivity contribution in [3.63, 3.8) is 0 Å². The van der Waals surface area contributed by atoms with Crippen molar-refractivity contribution in [3.8, 4) is 11.5 Å². The summed E-state index contributed by atoms with van der Waals surface area (Å²) in [5.41, 5.74) is 2.45. The standard InChI is InChI=1S/C19H23FO3/c1-11(2)15-9-19(4,5)23-18-8-17(22-6)13(7-14(15)18)12(3)16(20)10-21/h7-11H,1-6H3. The smallest absolute Gasteiger partial charge is 0.178 e. The summed E-state index contributed by atoms with van der Waals surface area (Å²) < 4.78 is 25.2. The first-order valence-corrected chi connectivity index (χ1v) is 7.66. The molecule has 0 spiro atoms. The van der Waals surface area contributed by atoms with Crippen molar-refractivity contribution < 1.29 is 18.7 Å². The van der Waals surface area contributed by atoms with Crippen LogP contribution in [0.5, 0.6) is 11.5 Å². The average Bonchev–Trinajstić information content (AvgIpc) is 2.50. The third-order valence-corrected chi connectivity index (χ3v) is 3.98. The summed E-state index contributed by atoms with van der Waals surface area (Å²) in [5, 5.41) is 0. The summed E-state index contributed by atoms with van der Waals surface area (Å²) in [4.78, 5) is 10.8. The molecule has 0 amide bonds. The highest BCUT2D eigenvalue weighted by molar-refractivity contribution is 5.88. The van der Waals surface area contributed by atoms with Crippen molar-refractivity contribution >= 4 is 17.4 Å². The van der Waals surface area contributed by atoms with Crippen LogP contribution in [0.25, 0.3) is 11.1 Å². The number of fused-ring (bicyclic) bond motifs is 1. The average molecular weight is 318 g/mol. The van der Waals surface area contributed by atoms with E-state index in [9.17, 15) is 9.18 Å². The fourth-order valence-corrected chi connectivity index (χ4v) is 2.79. The fourth-order valence-electron chi connectivity index (χ4n) is 2.79. The minimum atomic E-state index is -0.796. The van der Waals surface area contributed by atoms with Gasteiger partial charge >= 0.3 is 0 Å². The molecule has 0 bridgehead atoms. The number of ether oxygens (including phenoxy) is 2. The summed E-state index contributed by atoms with van der Waals surface area (Å²) >= 11 is 0. The van der Waals surface area contributed by atoms with Gasteiger partial charge in [0.25, 0.3) is 0 Å². The molecule has 0 aromatic heterocycles. The van der Waals surface area contributed by atoms with Crippen molar-refractivity contribution in [2.75, 3.05) is 7.11 Å². The maximum atomic E-state index is 13.7. The lowest BCUT2D eigenvalue weighted by atomic mass is 9.86. The Hall–Kier alpha value is -2.10. The Balaban J connectivity index is 2.73.